The average Bonchev–Trinajstić information content (AvgIpc) is 2.64. The molecule has 2 rings (SSSR count). The van der Waals surface area contributed by atoms with Crippen LogP contribution in [-0.2, 0) is 6.54 Å². The fourth-order valence-corrected chi connectivity index (χ4v) is 3.22. The third kappa shape index (κ3) is 3.87. The number of likely N-dealkylation sites (tertiary alicyclic amines) is 1. The molecular formula is C16H24ClNO. The molecule has 0 bridgehead atoms. The van der Waals surface area contributed by atoms with Crippen molar-refractivity contribution in [2.75, 3.05) is 19.5 Å². The van der Waals surface area contributed by atoms with E-state index in [-0.39, 0.29) is 0 Å². The predicted octanol–water partition coefficient (Wildman–Crippen LogP) is 3.99. The number of alkyl halides is 1. The summed E-state index contributed by atoms with van der Waals surface area (Å²) in [5.41, 5.74) is 2.56. The molecule has 3 heteroatoms. The first-order chi connectivity index (χ1) is 9.24. The summed E-state index contributed by atoms with van der Waals surface area (Å²) in [5.74, 6) is 1.72. The molecule has 106 valence electrons. The summed E-state index contributed by atoms with van der Waals surface area (Å²) in [6.07, 6.45) is 5.13. The molecule has 0 radical (unpaired) electrons. The summed E-state index contributed by atoms with van der Waals surface area (Å²) >= 11 is 6.15. The summed E-state index contributed by atoms with van der Waals surface area (Å²) in [6.45, 7) is 4.22. The van der Waals surface area contributed by atoms with E-state index in [1.807, 2.05) is 0 Å². The molecule has 0 aromatic heterocycles. The molecule has 1 aliphatic rings. The van der Waals surface area contributed by atoms with Crippen LogP contribution in [0.2, 0.25) is 0 Å². The van der Waals surface area contributed by atoms with E-state index in [1.54, 1.807) is 7.11 Å². The highest BCUT2D eigenvalue weighted by atomic mass is 35.5. The Kier molecular flexibility index (Phi) is 5.53. The highest BCUT2D eigenvalue weighted by Gasteiger charge is 2.21. The highest BCUT2D eigenvalue weighted by molar-refractivity contribution is 6.18. The zero-order valence-electron chi connectivity index (χ0n) is 12.0. The number of halogens is 1. The Morgan fingerprint density at radius 2 is 2.16 bits per heavy atom. The first-order valence-electron chi connectivity index (χ1n) is 7.18. The second-order valence-electron chi connectivity index (χ2n) is 5.44. The van der Waals surface area contributed by atoms with Crippen LogP contribution in [0.1, 0.15) is 36.8 Å². The van der Waals surface area contributed by atoms with Crippen molar-refractivity contribution in [3.05, 3.63) is 29.3 Å². The van der Waals surface area contributed by atoms with Crippen molar-refractivity contribution in [2.24, 2.45) is 0 Å². The summed E-state index contributed by atoms with van der Waals surface area (Å²) in [5, 5.41) is 0. The zero-order valence-corrected chi connectivity index (χ0v) is 12.7. The van der Waals surface area contributed by atoms with Crippen molar-refractivity contribution in [1.29, 1.82) is 0 Å². The highest BCUT2D eigenvalue weighted by Crippen LogP contribution is 2.25. The van der Waals surface area contributed by atoms with Crippen molar-refractivity contribution in [1.82, 2.24) is 4.90 Å². The number of hydrogen-bond donors (Lipinski definition) is 0. The Balaban J connectivity index is 2.15. The zero-order chi connectivity index (χ0) is 13.7. The molecule has 1 fully saturated rings. The molecule has 1 heterocycles. The topological polar surface area (TPSA) is 12.5 Å². The molecule has 19 heavy (non-hydrogen) atoms. The SMILES string of the molecule is COc1ccc(C)cc1CN1CCCCCC1CCl. The average molecular weight is 282 g/mol. The van der Waals surface area contributed by atoms with E-state index < -0.39 is 0 Å². The standard InChI is InChI=1S/C16H24ClNO/c1-13-7-8-16(19-2)14(10-13)12-18-9-5-3-4-6-15(18)11-17/h7-8,10,15H,3-6,9,11-12H2,1-2H3. The maximum atomic E-state index is 6.15. The Morgan fingerprint density at radius 1 is 1.32 bits per heavy atom. The monoisotopic (exact) mass is 281 g/mol. The van der Waals surface area contributed by atoms with Gasteiger partial charge < -0.3 is 4.74 Å². The lowest BCUT2D eigenvalue weighted by Crippen LogP contribution is -2.35. The van der Waals surface area contributed by atoms with Gasteiger partial charge in [0.1, 0.15) is 5.75 Å². The van der Waals surface area contributed by atoms with E-state index in [2.05, 4.69) is 30.0 Å². The van der Waals surface area contributed by atoms with Gasteiger partial charge in [-0.1, -0.05) is 30.5 Å². The van der Waals surface area contributed by atoms with Gasteiger partial charge in [-0.2, -0.15) is 0 Å². The van der Waals surface area contributed by atoms with Crippen molar-refractivity contribution in [3.8, 4) is 5.75 Å². The first-order valence-corrected chi connectivity index (χ1v) is 7.71. The molecule has 1 saturated heterocycles. The minimum atomic E-state index is 0.509. The van der Waals surface area contributed by atoms with Gasteiger partial charge in [-0.15, -0.1) is 11.6 Å². The largest absolute Gasteiger partial charge is 0.496 e. The van der Waals surface area contributed by atoms with Crippen molar-refractivity contribution in [2.45, 2.75) is 45.2 Å². The van der Waals surface area contributed by atoms with Crippen LogP contribution >= 0.6 is 11.6 Å². The van der Waals surface area contributed by atoms with E-state index >= 15 is 0 Å². The molecule has 0 amide bonds. The second-order valence-corrected chi connectivity index (χ2v) is 5.75. The molecule has 0 aliphatic carbocycles. The molecular weight excluding hydrogens is 258 g/mol. The van der Waals surface area contributed by atoms with Crippen LogP contribution in [0.3, 0.4) is 0 Å². The van der Waals surface area contributed by atoms with Crippen molar-refractivity contribution < 1.29 is 4.74 Å². The lowest BCUT2D eigenvalue weighted by atomic mass is 10.1. The van der Waals surface area contributed by atoms with E-state index in [0.717, 1.165) is 24.7 Å². The molecule has 0 spiro atoms. The molecule has 0 N–H and O–H groups in total. The number of rotatable bonds is 4. The van der Waals surface area contributed by atoms with Gasteiger partial charge in [0.25, 0.3) is 0 Å². The lowest BCUT2D eigenvalue weighted by Gasteiger charge is -2.29. The third-order valence-electron chi connectivity index (χ3n) is 3.99. The Morgan fingerprint density at radius 3 is 2.89 bits per heavy atom. The van der Waals surface area contributed by atoms with Gasteiger partial charge in [0.05, 0.1) is 7.11 Å². The summed E-state index contributed by atoms with van der Waals surface area (Å²) < 4.78 is 5.48. The molecule has 0 saturated carbocycles. The second kappa shape index (κ2) is 7.16. The van der Waals surface area contributed by atoms with Gasteiger partial charge >= 0.3 is 0 Å². The summed E-state index contributed by atoms with van der Waals surface area (Å²) in [4.78, 5) is 2.53. The maximum Gasteiger partial charge on any atom is 0.123 e. The van der Waals surface area contributed by atoms with Gasteiger partial charge in [-0.25, -0.2) is 0 Å². The smallest absolute Gasteiger partial charge is 0.123 e. The van der Waals surface area contributed by atoms with Crippen LogP contribution in [0.4, 0.5) is 0 Å². The van der Waals surface area contributed by atoms with Crippen LogP contribution in [-0.4, -0.2) is 30.5 Å². The molecule has 1 aliphatic heterocycles. The normalized spacial score (nSPS) is 21.1. The van der Waals surface area contributed by atoms with E-state index in [9.17, 15) is 0 Å². The van der Waals surface area contributed by atoms with Gasteiger partial charge in [0.15, 0.2) is 0 Å². The van der Waals surface area contributed by atoms with Crippen LogP contribution in [0.5, 0.6) is 5.75 Å². The van der Waals surface area contributed by atoms with E-state index in [1.165, 1.54) is 36.8 Å². The van der Waals surface area contributed by atoms with Crippen molar-refractivity contribution in [3.63, 3.8) is 0 Å². The van der Waals surface area contributed by atoms with Gasteiger partial charge in [-0.05, 0) is 32.4 Å². The van der Waals surface area contributed by atoms with Crippen molar-refractivity contribution >= 4 is 11.6 Å². The number of hydrogen-bond acceptors (Lipinski definition) is 2. The number of ether oxygens (including phenoxy) is 1. The number of methoxy groups -OCH3 is 1. The fraction of sp³-hybridized carbons (Fsp3) is 0.625. The molecule has 1 unspecified atom stereocenters. The maximum absolute atomic E-state index is 6.15. The van der Waals surface area contributed by atoms with Crippen LogP contribution in [0.25, 0.3) is 0 Å². The molecule has 1 atom stereocenters. The minimum Gasteiger partial charge on any atom is -0.496 e. The van der Waals surface area contributed by atoms with Gasteiger partial charge in [0, 0.05) is 24.0 Å². The number of nitrogens with zero attached hydrogens (tertiary/aromatic N) is 1. The minimum absolute atomic E-state index is 0.509. The quantitative estimate of drug-likeness (QED) is 0.774. The molecule has 1 aromatic rings. The first kappa shape index (κ1) is 14.7. The van der Waals surface area contributed by atoms with Crippen LogP contribution < -0.4 is 4.74 Å². The molecule has 1 aromatic carbocycles. The van der Waals surface area contributed by atoms with Gasteiger partial charge in [0.2, 0.25) is 0 Å². The van der Waals surface area contributed by atoms with E-state index in [4.69, 9.17) is 16.3 Å². The molecule has 2 nitrogen and oxygen atoms in total. The number of aryl methyl sites for hydroxylation is 1. The summed E-state index contributed by atoms with van der Waals surface area (Å²) in [6, 6.07) is 6.91. The lowest BCUT2D eigenvalue weighted by molar-refractivity contribution is 0.204. The predicted molar refractivity (Wildman–Crippen MR) is 81.1 cm³/mol. The van der Waals surface area contributed by atoms with Crippen LogP contribution in [0.15, 0.2) is 18.2 Å². The van der Waals surface area contributed by atoms with Crippen LogP contribution in [0, 0.1) is 6.92 Å². The van der Waals surface area contributed by atoms with Gasteiger partial charge in [-0.3, -0.25) is 4.90 Å². The fourth-order valence-electron chi connectivity index (χ4n) is 2.87. The number of benzene rings is 1. The Hall–Kier alpha value is -0.730. The Labute approximate surface area is 121 Å². The van der Waals surface area contributed by atoms with E-state index in [0.29, 0.717) is 6.04 Å². The summed E-state index contributed by atoms with van der Waals surface area (Å²) in [7, 11) is 1.75. The Bertz CT molecular complexity index is 408. The third-order valence-corrected chi connectivity index (χ3v) is 4.34.